The van der Waals surface area contributed by atoms with Gasteiger partial charge < -0.3 is 15.0 Å². The first-order valence-electron chi connectivity index (χ1n) is 4.94. The number of aliphatic carboxylic acids is 1. The quantitative estimate of drug-likeness (QED) is 0.770. The van der Waals surface area contributed by atoms with Gasteiger partial charge in [0.25, 0.3) is 5.56 Å². The lowest BCUT2D eigenvalue weighted by Crippen LogP contribution is -2.37. The Kier molecular flexibility index (Phi) is 3.65. The Morgan fingerprint density at radius 1 is 1.56 bits per heavy atom. The number of anilines is 1. The van der Waals surface area contributed by atoms with Crippen molar-refractivity contribution in [2.24, 2.45) is 13.0 Å². The van der Waals surface area contributed by atoms with Crippen LogP contribution in [0.1, 0.15) is 13.8 Å². The van der Waals surface area contributed by atoms with Gasteiger partial charge in [-0.1, -0.05) is 13.8 Å². The van der Waals surface area contributed by atoms with Gasteiger partial charge in [0.05, 0.1) is 0 Å². The third-order valence-corrected chi connectivity index (χ3v) is 2.24. The first-order chi connectivity index (χ1) is 7.43. The van der Waals surface area contributed by atoms with Crippen LogP contribution in [-0.2, 0) is 11.8 Å². The number of nitrogens with one attached hydrogen (secondary N) is 1. The highest BCUT2D eigenvalue weighted by Gasteiger charge is 2.22. The van der Waals surface area contributed by atoms with Crippen molar-refractivity contribution in [1.29, 1.82) is 0 Å². The summed E-state index contributed by atoms with van der Waals surface area (Å²) in [6, 6.07) is -0.817. The van der Waals surface area contributed by atoms with Crippen LogP contribution in [-0.4, -0.2) is 26.7 Å². The monoisotopic (exact) mass is 225 g/mol. The second kappa shape index (κ2) is 4.78. The molecule has 88 valence electrons. The summed E-state index contributed by atoms with van der Waals surface area (Å²) < 4.78 is 1.34. The second-order valence-corrected chi connectivity index (χ2v) is 3.90. The van der Waals surface area contributed by atoms with Crippen molar-refractivity contribution < 1.29 is 9.90 Å². The first-order valence-corrected chi connectivity index (χ1v) is 4.94. The number of carboxylic acid groups (broad SMARTS) is 1. The molecule has 1 heterocycles. The predicted octanol–water partition coefficient (Wildman–Crippen LogP) is 0.301. The third-order valence-electron chi connectivity index (χ3n) is 2.24. The van der Waals surface area contributed by atoms with E-state index in [2.05, 4.69) is 10.3 Å². The standard InChI is InChI=1S/C10H15N3O3/c1-6(2)7(10(15)16)12-8-9(14)13(3)5-4-11-8/h4-7H,1-3H3,(H,11,12)(H,15,16). The lowest BCUT2D eigenvalue weighted by Gasteiger charge is -2.17. The van der Waals surface area contributed by atoms with E-state index in [1.807, 2.05) is 0 Å². The highest BCUT2D eigenvalue weighted by Crippen LogP contribution is 2.06. The van der Waals surface area contributed by atoms with Crippen molar-refractivity contribution in [3.8, 4) is 0 Å². The fourth-order valence-corrected chi connectivity index (χ4v) is 1.26. The summed E-state index contributed by atoms with van der Waals surface area (Å²) in [6.07, 6.45) is 2.96. The molecule has 0 aliphatic rings. The Labute approximate surface area is 92.9 Å². The topological polar surface area (TPSA) is 84.2 Å². The van der Waals surface area contributed by atoms with E-state index < -0.39 is 12.0 Å². The van der Waals surface area contributed by atoms with E-state index in [1.54, 1.807) is 20.9 Å². The molecule has 1 unspecified atom stereocenters. The lowest BCUT2D eigenvalue weighted by atomic mass is 10.1. The van der Waals surface area contributed by atoms with Crippen LogP contribution in [0.4, 0.5) is 5.82 Å². The van der Waals surface area contributed by atoms with Crippen molar-refractivity contribution in [2.45, 2.75) is 19.9 Å². The second-order valence-electron chi connectivity index (χ2n) is 3.90. The molecule has 0 saturated carbocycles. The number of nitrogens with zero attached hydrogens (tertiary/aromatic N) is 2. The van der Waals surface area contributed by atoms with Gasteiger partial charge in [-0.15, -0.1) is 0 Å². The summed E-state index contributed by atoms with van der Waals surface area (Å²) in [4.78, 5) is 26.4. The highest BCUT2D eigenvalue weighted by atomic mass is 16.4. The fourth-order valence-electron chi connectivity index (χ4n) is 1.26. The van der Waals surface area contributed by atoms with Crippen molar-refractivity contribution in [1.82, 2.24) is 9.55 Å². The fraction of sp³-hybridized carbons (Fsp3) is 0.500. The van der Waals surface area contributed by atoms with Crippen LogP contribution in [0.2, 0.25) is 0 Å². The van der Waals surface area contributed by atoms with Crippen molar-refractivity contribution in [3.05, 3.63) is 22.7 Å². The Morgan fingerprint density at radius 2 is 2.19 bits per heavy atom. The van der Waals surface area contributed by atoms with E-state index in [0.717, 1.165) is 0 Å². The molecule has 0 radical (unpaired) electrons. The molecule has 2 N–H and O–H groups in total. The summed E-state index contributed by atoms with van der Waals surface area (Å²) in [7, 11) is 1.58. The molecular formula is C10H15N3O3. The number of rotatable bonds is 4. The molecule has 6 nitrogen and oxygen atoms in total. The SMILES string of the molecule is CC(C)C(Nc1nccn(C)c1=O)C(=O)O. The van der Waals surface area contributed by atoms with E-state index in [9.17, 15) is 9.59 Å². The van der Waals surface area contributed by atoms with Crippen LogP contribution in [0, 0.1) is 5.92 Å². The van der Waals surface area contributed by atoms with Gasteiger partial charge in [-0.25, -0.2) is 9.78 Å². The van der Waals surface area contributed by atoms with Gasteiger partial charge in [-0.05, 0) is 5.92 Å². The van der Waals surface area contributed by atoms with Gasteiger partial charge in [0.2, 0.25) is 0 Å². The molecule has 0 amide bonds. The maximum atomic E-state index is 11.6. The molecule has 6 heteroatoms. The molecule has 0 aliphatic heterocycles. The number of aromatic nitrogens is 2. The molecule has 0 aromatic carbocycles. The first kappa shape index (κ1) is 12.2. The third kappa shape index (κ3) is 2.59. The highest BCUT2D eigenvalue weighted by molar-refractivity contribution is 5.77. The predicted molar refractivity (Wildman–Crippen MR) is 59.4 cm³/mol. The zero-order chi connectivity index (χ0) is 12.3. The van der Waals surface area contributed by atoms with Crippen LogP contribution in [0.3, 0.4) is 0 Å². The molecular weight excluding hydrogens is 210 g/mol. The molecule has 0 spiro atoms. The number of hydrogen-bond donors (Lipinski definition) is 2. The molecule has 0 aliphatic carbocycles. The Morgan fingerprint density at radius 3 is 2.69 bits per heavy atom. The Balaban J connectivity index is 2.99. The number of carboxylic acids is 1. The Bertz CT molecular complexity index is 439. The Hall–Kier alpha value is -1.85. The van der Waals surface area contributed by atoms with Crippen molar-refractivity contribution in [2.75, 3.05) is 5.32 Å². The zero-order valence-corrected chi connectivity index (χ0v) is 9.47. The van der Waals surface area contributed by atoms with E-state index in [0.29, 0.717) is 0 Å². The summed E-state index contributed by atoms with van der Waals surface area (Å²) in [5, 5.41) is 11.6. The summed E-state index contributed by atoms with van der Waals surface area (Å²) in [6.45, 7) is 3.53. The minimum absolute atomic E-state index is 0.0612. The molecule has 1 rings (SSSR count). The minimum Gasteiger partial charge on any atom is -0.480 e. The van der Waals surface area contributed by atoms with Crippen LogP contribution in [0.15, 0.2) is 17.2 Å². The van der Waals surface area contributed by atoms with Crippen LogP contribution >= 0.6 is 0 Å². The smallest absolute Gasteiger partial charge is 0.326 e. The van der Waals surface area contributed by atoms with Crippen LogP contribution < -0.4 is 10.9 Å². The maximum absolute atomic E-state index is 11.6. The maximum Gasteiger partial charge on any atom is 0.326 e. The van der Waals surface area contributed by atoms with Crippen LogP contribution in [0.5, 0.6) is 0 Å². The normalized spacial score (nSPS) is 12.5. The van der Waals surface area contributed by atoms with Gasteiger partial charge in [0.15, 0.2) is 5.82 Å². The van der Waals surface area contributed by atoms with E-state index in [-0.39, 0.29) is 17.3 Å². The van der Waals surface area contributed by atoms with Gasteiger partial charge in [-0.2, -0.15) is 0 Å². The number of hydrogen-bond acceptors (Lipinski definition) is 4. The van der Waals surface area contributed by atoms with Crippen molar-refractivity contribution >= 4 is 11.8 Å². The largest absolute Gasteiger partial charge is 0.480 e. The average Bonchev–Trinajstić information content (AvgIpc) is 2.19. The summed E-state index contributed by atoms with van der Waals surface area (Å²) >= 11 is 0. The lowest BCUT2D eigenvalue weighted by molar-refractivity contribution is -0.138. The molecule has 0 saturated heterocycles. The van der Waals surface area contributed by atoms with Crippen molar-refractivity contribution in [3.63, 3.8) is 0 Å². The molecule has 1 aromatic heterocycles. The van der Waals surface area contributed by atoms with Gasteiger partial charge in [-0.3, -0.25) is 4.79 Å². The zero-order valence-electron chi connectivity index (χ0n) is 9.47. The summed E-state index contributed by atoms with van der Waals surface area (Å²) in [5.41, 5.74) is -0.339. The number of aryl methyl sites for hydroxylation is 1. The van der Waals surface area contributed by atoms with E-state index >= 15 is 0 Å². The summed E-state index contributed by atoms with van der Waals surface area (Å²) in [5.74, 6) is -1.07. The van der Waals surface area contributed by atoms with Gasteiger partial charge >= 0.3 is 5.97 Å². The van der Waals surface area contributed by atoms with E-state index in [4.69, 9.17) is 5.11 Å². The number of carbonyl (C=O) groups is 1. The minimum atomic E-state index is -0.997. The molecule has 1 aromatic rings. The van der Waals surface area contributed by atoms with E-state index in [1.165, 1.54) is 17.0 Å². The van der Waals surface area contributed by atoms with Gasteiger partial charge in [0.1, 0.15) is 6.04 Å². The molecule has 16 heavy (non-hydrogen) atoms. The van der Waals surface area contributed by atoms with Crippen LogP contribution in [0.25, 0.3) is 0 Å². The van der Waals surface area contributed by atoms with Gasteiger partial charge in [0, 0.05) is 19.4 Å². The average molecular weight is 225 g/mol. The molecule has 0 bridgehead atoms. The molecule has 0 fully saturated rings. The molecule has 1 atom stereocenters.